The van der Waals surface area contributed by atoms with Crippen LogP contribution < -0.4 is 10.6 Å². The number of benzene rings is 2. The van der Waals surface area contributed by atoms with Crippen molar-refractivity contribution in [2.45, 2.75) is 38.1 Å². The predicted octanol–water partition coefficient (Wildman–Crippen LogP) is 4.08. The van der Waals surface area contributed by atoms with Crippen molar-refractivity contribution < 1.29 is 13.2 Å². The summed E-state index contributed by atoms with van der Waals surface area (Å²) in [6.45, 7) is 6.37. The Kier molecular flexibility index (Phi) is 8.43. The Morgan fingerprint density at radius 1 is 1.10 bits per heavy atom. The zero-order valence-corrected chi connectivity index (χ0v) is 19.6. The molecule has 0 saturated heterocycles. The Balaban J connectivity index is 2.10. The van der Waals surface area contributed by atoms with Crippen LogP contribution in [0.4, 0.5) is 5.69 Å². The molecule has 0 aliphatic heterocycles. The molecule has 0 unspecified atom stereocenters. The maximum atomic E-state index is 12.5. The van der Waals surface area contributed by atoms with Crippen LogP contribution in [0.15, 0.2) is 47.4 Å². The fourth-order valence-electron chi connectivity index (χ4n) is 3.07. The number of carbonyl (C=O) groups is 1. The SMILES string of the molecule is CCc1ccc([C@@H](NCC(=O)Nc2cc(S(=O)(=O)N(C)C)ccc2Cl)C(C)C)cc1. The third-order valence-electron chi connectivity index (χ3n) is 4.89. The molecule has 0 bridgehead atoms. The highest BCUT2D eigenvalue weighted by molar-refractivity contribution is 7.89. The van der Waals surface area contributed by atoms with Crippen LogP contribution >= 0.6 is 11.6 Å². The van der Waals surface area contributed by atoms with Crippen molar-refractivity contribution in [3.63, 3.8) is 0 Å². The first kappa shape index (κ1) is 24.3. The summed E-state index contributed by atoms with van der Waals surface area (Å²) in [6.07, 6.45) is 0.978. The van der Waals surface area contributed by atoms with Gasteiger partial charge in [0.15, 0.2) is 0 Å². The van der Waals surface area contributed by atoms with Crippen LogP contribution in [0.5, 0.6) is 0 Å². The summed E-state index contributed by atoms with van der Waals surface area (Å²) in [6, 6.07) is 12.6. The molecule has 2 aromatic carbocycles. The molecule has 2 N–H and O–H groups in total. The first-order valence-corrected chi connectivity index (χ1v) is 11.7. The van der Waals surface area contributed by atoms with Crippen molar-refractivity contribution in [1.29, 1.82) is 0 Å². The molecule has 0 heterocycles. The lowest BCUT2D eigenvalue weighted by molar-refractivity contribution is -0.115. The van der Waals surface area contributed by atoms with Gasteiger partial charge < -0.3 is 10.6 Å². The van der Waals surface area contributed by atoms with Gasteiger partial charge >= 0.3 is 0 Å². The summed E-state index contributed by atoms with van der Waals surface area (Å²) in [5, 5.41) is 6.28. The predicted molar refractivity (Wildman–Crippen MR) is 122 cm³/mol. The van der Waals surface area contributed by atoms with Gasteiger partial charge in [0, 0.05) is 20.1 Å². The quantitative estimate of drug-likeness (QED) is 0.602. The van der Waals surface area contributed by atoms with E-state index in [-0.39, 0.29) is 40.0 Å². The zero-order valence-electron chi connectivity index (χ0n) is 18.1. The maximum absolute atomic E-state index is 12.5. The Bertz CT molecular complexity index is 974. The number of anilines is 1. The van der Waals surface area contributed by atoms with Crippen LogP contribution in [0, 0.1) is 5.92 Å². The number of sulfonamides is 1. The zero-order chi connectivity index (χ0) is 22.5. The fourth-order valence-corrected chi connectivity index (χ4v) is 4.16. The van der Waals surface area contributed by atoms with E-state index < -0.39 is 10.0 Å². The molecule has 0 aliphatic carbocycles. The summed E-state index contributed by atoms with van der Waals surface area (Å²) in [4.78, 5) is 12.6. The van der Waals surface area contributed by atoms with Gasteiger partial charge in [0.2, 0.25) is 15.9 Å². The minimum Gasteiger partial charge on any atom is -0.324 e. The Morgan fingerprint density at radius 3 is 2.27 bits per heavy atom. The van der Waals surface area contributed by atoms with Crippen LogP contribution in [-0.4, -0.2) is 39.3 Å². The Labute approximate surface area is 184 Å². The molecule has 1 atom stereocenters. The molecule has 164 valence electrons. The van der Waals surface area contributed by atoms with E-state index in [1.807, 2.05) is 0 Å². The molecule has 0 spiro atoms. The van der Waals surface area contributed by atoms with Crippen LogP contribution in [0.25, 0.3) is 0 Å². The molecule has 2 aromatic rings. The van der Waals surface area contributed by atoms with Gasteiger partial charge in [0.05, 0.1) is 22.2 Å². The molecule has 0 aliphatic rings. The van der Waals surface area contributed by atoms with Gasteiger partial charge in [-0.05, 0) is 41.7 Å². The van der Waals surface area contributed by atoms with E-state index in [2.05, 4.69) is 55.7 Å². The number of nitrogens with zero attached hydrogens (tertiary/aromatic N) is 1. The second-order valence-corrected chi connectivity index (χ2v) is 10.2. The van der Waals surface area contributed by atoms with Crippen LogP contribution in [0.2, 0.25) is 5.02 Å². The van der Waals surface area contributed by atoms with Crippen molar-refractivity contribution in [2.24, 2.45) is 5.92 Å². The monoisotopic (exact) mass is 451 g/mol. The summed E-state index contributed by atoms with van der Waals surface area (Å²) in [5.41, 5.74) is 2.65. The van der Waals surface area contributed by atoms with Gasteiger partial charge in [0.25, 0.3) is 0 Å². The molecule has 0 aromatic heterocycles. The molecular weight excluding hydrogens is 422 g/mol. The van der Waals surface area contributed by atoms with Crippen LogP contribution in [-0.2, 0) is 21.2 Å². The molecule has 8 heteroatoms. The number of amides is 1. The fraction of sp³-hybridized carbons (Fsp3) is 0.409. The van der Waals surface area contributed by atoms with Crippen molar-refractivity contribution in [1.82, 2.24) is 9.62 Å². The van der Waals surface area contributed by atoms with E-state index in [1.165, 1.54) is 37.9 Å². The van der Waals surface area contributed by atoms with Crippen molar-refractivity contribution >= 4 is 33.2 Å². The number of carbonyl (C=O) groups excluding carboxylic acids is 1. The third-order valence-corrected chi connectivity index (χ3v) is 7.03. The van der Waals surface area contributed by atoms with Crippen molar-refractivity contribution in [3.8, 4) is 0 Å². The molecule has 0 radical (unpaired) electrons. The Morgan fingerprint density at radius 2 is 1.73 bits per heavy atom. The summed E-state index contributed by atoms with van der Waals surface area (Å²) in [7, 11) is -0.724. The second-order valence-electron chi connectivity index (χ2n) is 7.67. The molecule has 2 rings (SSSR count). The van der Waals surface area contributed by atoms with E-state index in [0.29, 0.717) is 0 Å². The molecular formula is C22H30ClN3O3S. The van der Waals surface area contributed by atoms with E-state index in [9.17, 15) is 13.2 Å². The van der Waals surface area contributed by atoms with Gasteiger partial charge in [-0.25, -0.2) is 12.7 Å². The molecule has 0 saturated carbocycles. The lowest BCUT2D eigenvalue weighted by atomic mass is 9.95. The van der Waals surface area contributed by atoms with Gasteiger partial charge in [-0.1, -0.05) is 56.6 Å². The number of rotatable bonds is 9. The van der Waals surface area contributed by atoms with Gasteiger partial charge in [-0.3, -0.25) is 4.79 Å². The third kappa shape index (κ3) is 6.04. The van der Waals surface area contributed by atoms with Crippen LogP contribution in [0.1, 0.15) is 37.9 Å². The largest absolute Gasteiger partial charge is 0.324 e. The van der Waals surface area contributed by atoms with Gasteiger partial charge in [0.1, 0.15) is 0 Å². The highest BCUT2D eigenvalue weighted by Gasteiger charge is 2.20. The normalized spacial score (nSPS) is 12.9. The minimum absolute atomic E-state index is 0.0116. The summed E-state index contributed by atoms with van der Waals surface area (Å²) < 4.78 is 25.8. The van der Waals surface area contributed by atoms with E-state index >= 15 is 0 Å². The summed E-state index contributed by atoms with van der Waals surface area (Å²) >= 11 is 6.16. The number of aryl methyl sites for hydroxylation is 1. The highest BCUT2D eigenvalue weighted by atomic mass is 35.5. The van der Waals surface area contributed by atoms with Gasteiger partial charge in [-0.15, -0.1) is 0 Å². The number of hydrogen-bond acceptors (Lipinski definition) is 4. The Hall–Kier alpha value is -1.93. The highest BCUT2D eigenvalue weighted by Crippen LogP contribution is 2.27. The minimum atomic E-state index is -3.62. The molecule has 30 heavy (non-hydrogen) atoms. The standard InChI is InChI=1S/C22H30ClN3O3S/c1-6-16-7-9-17(10-8-16)22(15(2)3)24-14-21(27)25-20-13-18(11-12-19(20)23)30(28,29)26(4)5/h7-13,15,22,24H,6,14H2,1-5H3,(H,25,27)/t22-/m0/s1. The van der Waals surface area contributed by atoms with E-state index in [0.717, 1.165) is 16.3 Å². The molecule has 1 amide bonds. The van der Waals surface area contributed by atoms with Gasteiger partial charge in [-0.2, -0.15) is 0 Å². The maximum Gasteiger partial charge on any atom is 0.242 e. The average molecular weight is 452 g/mol. The topological polar surface area (TPSA) is 78.5 Å². The molecule has 0 fully saturated rings. The molecule has 6 nitrogen and oxygen atoms in total. The van der Waals surface area contributed by atoms with E-state index in [4.69, 9.17) is 11.6 Å². The summed E-state index contributed by atoms with van der Waals surface area (Å²) in [5.74, 6) is -0.0189. The first-order chi connectivity index (χ1) is 14.1. The van der Waals surface area contributed by atoms with Crippen LogP contribution in [0.3, 0.4) is 0 Å². The second kappa shape index (κ2) is 10.4. The van der Waals surface area contributed by atoms with Crippen molar-refractivity contribution in [3.05, 3.63) is 58.6 Å². The number of hydrogen-bond donors (Lipinski definition) is 2. The lowest BCUT2D eigenvalue weighted by Crippen LogP contribution is -2.33. The van der Waals surface area contributed by atoms with Crippen molar-refractivity contribution in [2.75, 3.05) is 26.0 Å². The smallest absolute Gasteiger partial charge is 0.242 e. The number of nitrogens with one attached hydrogen (secondary N) is 2. The average Bonchev–Trinajstić information content (AvgIpc) is 2.69. The first-order valence-electron chi connectivity index (χ1n) is 9.90. The van der Waals surface area contributed by atoms with E-state index in [1.54, 1.807) is 0 Å². The number of halogens is 1. The lowest BCUT2D eigenvalue weighted by Gasteiger charge is -2.23.